The fraction of sp³-hybridized carbons (Fsp3) is 0.500. The first-order valence-electron chi connectivity index (χ1n) is 5.32. The highest BCUT2D eigenvalue weighted by atomic mass is 16.6. The van der Waals surface area contributed by atoms with Gasteiger partial charge in [-0.25, -0.2) is 0 Å². The summed E-state index contributed by atoms with van der Waals surface area (Å²) in [6.45, 7) is 0.559. The van der Waals surface area contributed by atoms with Crippen molar-refractivity contribution in [3.05, 3.63) is 17.7 Å². The van der Waals surface area contributed by atoms with E-state index < -0.39 is 0 Å². The first-order chi connectivity index (χ1) is 8.13. The minimum atomic E-state index is 0.559. The third kappa shape index (κ3) is 3.25. The summed E-state index contributed by atoms with van der Waals surface area (Å²) < 4.78 is 10.7. The average molecular weight is 240 g/mol. The first-order valence-corrected chi connectivity index (χ1v) is 5.32. The first kappa shape index (κ1) is 13.6. The van der Waals surface area contributed by atoms with Gasteiger partial charge in [-0.3, -0.25) is 0 Å². The average Bonchev–Trinajstić information content (AvgIpc) is 2.34. The number of nitrogens with zero attached hydrogens (tertiary/aromatic N) is 1. The van der Waals surface area contributed by atoms with E-state index in [0.717, 1.165) is 22.7 Å². The number of nitrogens with one attached hydrogen (secondary N) is 1. The summed E-state index contributed by atoms with van der Waals surface area (Å²) in [6.07, 6.45) is 0. The summed E-state index contributed by atoms with van der Waals surface area (Å²) in [5.74, 6) is 1.61. The molecular weight excluding hydrogens is 220 g/mol. The van der Waals surface area contributed by atoms with Crippen molar-refractivity contribution < 1.29 is 14.3 Å². The van der Waals surface area contributed by atoms with Crippen molar-refractivity contribution >= 4 is 5.69 Å². The molecule has 0 aliphatic rings. The summed E-state index contributed by atoms with van der Waals surface area (Å²) in [7, 11) is 8.81. The van der Waals surface area contributed by atoms with Gasteiger partial charge in [-0.2, -0.15) is 5.48 Å². The Labute approximate surface area is 102 Å². The zero-order valence-electron chi connectivity index (χ0n) is 11.0. The third-order valence-corrected chi connectivity index (χ3v) is 2.47. The molecule has 0 radical (unpaired) electrons. The Morgan fingerprint density at radius 3 is 2.18 bits per heavy atom. The molecule has 1 aromatic rings. The van der Waals surface area contributed by atoms with Crippen LogP contribution in [0, 0.1) is 0 Å². The molecule has 1 rings (SSSR count). The second-order valence-electron chi connectivity index (χ2n) is 3.76. The summed E-state index contributed by atoms with van der Waals surface area (Å²) in [5, 5.41) is 0. The highest BCUT2D eigenvalue weighted by molar-refractivity contribution is 5.63. The van der Waals surface area contributed by atoms with E-state index in [9.17, 15) is 0 Å². The van der Waals surface area contributed by atoms with E-state index in [4.69, 9.17) is 14.3 Å². The molecule has 0 aromatic heterocycles. The zero-order valence-corrected chi connectivity index (χ0v) is 11.0. The van der Waals surface area contributed by atoms with Crippen molar-refractivity contribution in [3.8, 4) is 11.5 Å². The van der Waals surface area contributed by atoms with Crippen LogP contribution in [0.15, 0.2) is 12.1 Å². The molecule has 5 nitrogen and oxygen atoms in total. The smallest absolute Gasteiger partial charge is 0.142 e. The molecule has 0 heterocycles. The van der Waals surface area contributed by atoms with Gasteiger partial charge in [0, 0.05) is 32.3 Å². The molecule has 0 amide bonds. The third-order valence-electron chi connectivity index (χ3n) is 2.47. The molecule has 1 aromatic carbocycles. The highest BCUT2D eigenvalue weighted by Crippen LogP contribution is 2.34. The van der Waals surface area contributed by atoms with E-state index in [1.54, 1.807) is 21.3 Å². The van der Waals surface area contributed by atoms with Gasteiger partial charge >= 0.3 is 0 Å². The minimum absolute atomic E-state index is 0.559. The molecule has 0 saturated carbocycles. The predicted octanol–water partition coefficient (Wildman–Crippen LogP) is 1.42. The van der Waals surface area contributed by atoms with Crippen LogP contribution in [0.1, 0.15) is 5.56 Å². The van der Waals surface area contributed by atoms with Crippen LogP contribution in [0.5, 0.6) is 11.5 Å². The van der Waals surface area contributed by atoms with Gasteiger partial charge in [-0.15, -0.1) is 0 Å². The zero-order chi connectivity index (χ0) is 12.8. The molecule has 0 fully saturated rings. The van der Waals surface area contributed by atoms with Gasteiger partial charge in [0.05, 0.1) is 27.0 Å². The SMILES string of the molecule is CONCc1cc(OC)c(N(C)C)cc1OC. The van der Waals surface area contributed by atoms with Gasteiger partial charge in [0.15, 0.2) is 0 Å². The number of hydroxylamine groups is 1. The topological polar surface area (TPSA) is 43.0 Å². The molecule has 96 valence electrons. The lowest BCUT2D eigenvalue weighted by Gasteiger charge is -2.19. The van der Waals surface area contributed by atoms with Crippen LogP contribution in [0.4, 0.5) is 5.69 Å². The molecule has 0 spiro atoms. The Morgan fingerprint density at radius 2 is 1.71 bits per heavy atom. The van der Waals surface area contributed by atoms with E-state index in [0.29, 0.717) is 6.54 Å². The van der Waals surface area contributed by atoms with Crippen molar-refractivity contribution in [1.29, 1.82) is 0 Å². The predicted molar refractivity (Wildman–Crippen MR) is 67.7 cm³/mol. The van der Waals surface area contributed by atoms with E-state index in [1.165, 1.54) is 0 Å². The van der Waals surface area contributed by atoms with Gasteiger partial charge in [-0.1, -0.05) is 0 Å². The largest absolute Gasteiger partial charge is 0.496 e. The molecule has 1 N–H and O–H groups in total. The quantitative estimate of drug-likeness (QED) is 0.762. The van der Waals surface area contributed by atoms with Crippen molar-refractivity contribution in [2.75, 3.05) is 40.3 Å². The normalized spacial score (nSPS) is 10.2. The second-order valence-corrected chi connectivity index (χ2v) is 3.76. The Bertz CT molecular complexity index is 367. The van der Waals surface area contributed by atoms with Crippen LogP contribution >= 0.6 is 0 Å². The molecule has 5 heteroatoms. The van der Waals surface area contributed by atoms with Crippen LogP contribution in [-0.2, 0) is 11.4 Å². The van der Waals surface area contributed by atoms with E-state index >= 15 is 0 Å². The summed E-state index contributed by atoms with van der Waals surface area (Å²) >= 11 is 0. The molecule has 0 aliphatic carbocycles. The monoisotopic (exact) mass is 240 g/mol. The molecule has 0 saturated heterocycles. The van der Waals surface area contributed by atoms with Crippen LogP contribution in [0.25, 0.3) is 0 Å². The highest BCUT2D eigenvalue weighted by Gasteiger charge is 2.12. The van der Waals surface area contributed by atoms with Crippen molar-refractivity contribution in [2.45, 2.75) is 6.54 Å². The Hall–Kier alpha value is -1.46. The van der Waals surface area contributed by atoms with Crippen molar-refractivity contribution in [2.24, 2.45) is 0 Å². The van der Waals surface area contributed by atoms with Gasteiger partial charge in [-0.05, 0) is 6.07 Å². The van der Waals surface area contributed by atoms with Crippen LogP contribution in [-0.4, -0.2) is 35.4 Å². The van der Waals surface area contributed by atoms with Gasteiger partial charge in [0.1, 0.15) is 11.5 Å². The molecule has 0 atom stereocenters. The lowest BCUT2D eigenvalue weighted by Crippen LogP contribution is -2.14. The number of benzene rings is 1. The maximum atomic E-state index is 5.36. The number of rotatable bonds is 6. The number of hydrogen-bond donors (Lipinski definition) is 1. The van der Waals surface area contributed by atoms with Crippen molar-refractivity contribution in [1.82, 2.24) is 5.48 Å². The Kier molecular flexibility index (Phi) is 5.06. The van der Waals surface area contributed by atoms with E-state index in [2.05, 4.69) is 5.48 Å². The van der Waals surface area contributed by atoms with Crippen LogP contribution in [0.2, 0.25) is 0 Å². The number of anilines is 1. The molecule has 0 aliphatic heterocycles. The fourth-order valence-electron chi connectivity index (χ4n) is 1.58. The molecule has 0 unspecified atom stereocenters. The number of hydrogen-bond acceptors (Lipinski definition) is 5. The second kappa shape index (κ2) is 6.32. The number of ether oxygens (including phenoxy) is 2. The summed E-state index contributed by atoms with van der Waals surface area (Å²) in [4.78, 5) is 6.82. The maximum Gasteiger partial charge on any atom is 0.142 e. The van der Waals surface area contributed by atoms with Crippen LogP contribution < -0.4 is 19.9 Å². The van der Waals surface area contributed by atoms with Gasteiger partial charge in [0.2, 0.25) is 0 Å². The number of methoxy groups -OCH3 is 2. The molecular formula is C12H20N2O3. The minimum Gasteiger partial charge on any atom is -0.496 e. The fourth-order valence-corrected chi connectivity index (χ4v) is 1.58. The summed E-state index contributed by atoms with van der Waals surface area (Å²) in [5.41, 5.74) is 4.75. The lowest BCUT2D eigenvalue weighted by molar-refractivity contribution is 0.0861. The van der Waals surface area contributed by atoms with Gasteiger partial charge in [0.25, 0.3) is 0 Å². The van der Waals surface area contributed by atoms with Crippen molar-refractivity contribution in [3.63, 3.8) is 0 Å². The standard InChI is InChI=1S/C12H20N2O3/c1-14(2)10-7-11(15-3)9(8-13-17-5)6-12(10)16-4/h6-7,13H,8H2,1-5H3. The van der Waals surface area contributed by atoms with Gasteiger partial charge < -0.3 is 19.2 Å². The van der Waals surface area contributed by atoms with E-state index in [1.807, 2.05) is 31.1 Å². The maximum absolute atomic E-state index is 5.36. The molecule has 0 bridgehead atoms. The van der Waals surface area contributed by atoms with E-state index in [-0.39, 0.29) is 0 Å². The molecule has 17 heavy (non-hydrogen) atoms. The Morgan fingerprint density at radius 1 is 1.06 bits per heavy atom. The summed E-state index contributed by atoms with van der Waals surface area (Å²) in [6, 6.07) is 3.89. The Balaban J connectivity index is 3.13. The van der Waals surface area contributed by atoms with Crippen LogP contribution in [0.3, 0.4) is 0 Å². The lowest BCUT2D eigenvalue weighted by atomic mass is 10.1.